The Balaban J connectivity index is 2.29. The minimum Gasteiger partial charge on any atom is -0.394 e. The van der Waals surface area contributed by atoms with Gasteiger partial charge < -0.3 is 10.4 Å². The maximum absolute atomic E-state index is 12.0. The van der Waals surface area contributed by atoms with Crippen molar-refractivity contribution in [3.63, 3.8) is 0 Å². The fourth-order valence-corrected chi connectivity index (χ4v) is 2.86. The van der Waals surface area contributed by atoms with Crippen molar-refractivity contribution in [2.24, 2.45) is 11.8 Å². The number of carbonyl (C=O) groups is 1. The first-order valence-corrected chi connectivity index (χ1v) is 7.52. The molecule has 1 rings (SSSR count). The van der Waals surface area contributed by atoms with Gasteiger partial charge in [-0.05, 0) is 31.1 Å². The highest BCUT2D eigenvalue weighted by Gasteiger charge is 2.18. The van der Waals surface area contributed by atoms with E-state index in [2.05, 4.69) is 19.2 Å². The summed E-state index contributed by atoms with van der Waals surface area (Å²) < 4.78 is 0. The minimum absolute atomic E-state index is 0.0502. The van der Waals surface area contributed by atoms with E-state index in [0.29, 0.717) is 18.3 Å². The molecule has 3 nitrogen and oxygen atoms in total. The van der Waals surface area contributed by atoms with Crippen molar-refractivity contribution in [1.82, 2.24) is 5.32 Å². The van der Waals surface area contributed by atoms with Crippen LogP contribution in [0, 0.1) is 11.8 Å². The van der Waals surface area contributed by atoms with Crippen molar-refractivity contribution in [1.29, 1.82) is 0 Å². The van der Waals surface area contributed by atoms with Crippen molar-refractivity contribution >= 4 is 5.91 Å². The zero-order valence-electron chi connectivity index (χ0n) is 12.0. The quantitative estimate of drug-likeness (QED) is 0.717. The van der Waals surface area contributed by atoms with Crippen LogP contribution in [0.15, 0.2) is 0 Å². The van der Waals surface area contributed by atoms with Crippen LogP contribution in [0.4, 0.5) is 0 Å². The van der Waals surface area contributed by atoms with E-state index in [9.17, 15) is 9.90 Å². The second-order valence-electron chi connectivity index (χ2n) is 6.14. The van der Waals surface area contributed by atoms with Crippen LogP contribution < -0.4 is 5.32 Å². The molecule has 106 valence electrons. The fraction of sp³-hybridized carbons (Fsp3) is 0.933. The summed E-state index contributed by atoms with van der Waals surface area (Å²) in [6, 6.07) is -0.0664. The molecule has 1 aliphatic rings. The first-order chi connectivity index (χ1) is 8.61. The van der Waals surface area contributed by atoms with Crippen LogP contribution in [0.3, 0.4) is 0 Å². The maximum atomic E-state index is 12.0. The van der Waals surface area contributed by atoms with Gasteiger partial charge in [-0.25, -0.2) is 0 Å². The van der Waals surface area contributed by atoms with Crippen LogP contribution in [-0.2, 0) is 4.79 Å². The van der Waals surface area contributed by atoms with Gasteiger partial charge >= 0.3 is 0 Å². The van der Waals surface area contributed by atoms with Crippen molar-refractivity contribution in [3.05, 3.63) is 0 Å². The lowest BCUT2D eigenvalue weighted by Gasteiger charge is -2.20. The summed E-state index contributed by atoms with van der Waals surface area (Å²) >= 11 is 0. The molecule has 1 fully saturated rings. The van der Waals surface area contributed by atoms with Gasteiger partial charge in [0.1, 0.15) is 0 Å². The summed E-state index contributed by atoms with van der Waals surface area (Å²) in [6.07, 6.45) is 9.08. The van der Waals surface area contributed by atoms with E-state index >= 15 is 0 Å². The standard InChI is InChI=1S/C15H29NO2/c1-12(2)9-14(11-17)16-15(18)10-13-7-5-3-4-6-8-13/h12-14,17H,3-11H2,1-2H3,(H,16,18). The van der Waals surface area contributed by atoms with E-state index in [-0.39, 0.29) is 18.6 Å². The second kappa shape index (κ2) is 8.52. The van der Waals surface area contributed by atoms with Gasteiger partial charge in [0.25, 0.3) is 0 Å². The normalized spacial score (nSPS) is 19.6. The third kappa shape index (κ3) is 6.39. The highest BCUT2D eigenvalue weighted by molar-refractivity contribution is 5.76. The van der Waals surface area contributed by atoms with E-state index in [0.717, 1.165) is 6.42 Å². The number of carbonyl (C=O) groups excluding carboxylic acids is 1. The first kappa shape index (κ1) is 15.5. The highest BCUT2D eigenvalue weighted by atomic mass is 16.3. The largest absolute Gasteiger partial charge is 0.394 e. The molecule has 0 aromatic rings. The van der Waals surface area contributed by atoms with Crippen molar-refractivity contribution < 1.29 is 9.90 Å². The van der Waals surface area contributed by atoms with Crippen LogP contribution in [0.5, 0.6) is 0 Å². The number of aliphatic hydroxyl groups is 1. The summed E-state index contributed by atoms with van der Waals surface area (Å²) in [5.74, 6) is 1.19. The molecule has 3 heteroatoms. The lowest BCUT2D eigenvalue weighted by molar-refractivity contribution is -0.123. The van der Waals surface area contributed by atoms with Crippen molar-refractivity contribution in [3.8, 4) is 0 Å². The van der Waals surface area contributed by atoms with Gasteiger partial charge in [-0.1, -0.05) is 39.5 Å². The molecule has 0 aromatic heterocycles. The minimum atomic E-state index is -0.0664. The second-order valence-corrected chi connectivity index (χ2v) is 6.14. The number of hydrogen-bond acceptors (Lipinski definition) is 2. The zero-order valence-corrected chi connectivity index (χ0v) is 12.0. The Morgan fingerprint density at radius 1 is 1.22 bits per heavy atom. The molecular formula is C15H29NO2. The van der Waals surface area contributed by atoms with Crippen LogP contribution in [0.1, 0.15) is 65.2 Å². The molecule has 1 amide bonds. The zero-order chi connectivity index (χ0) is 13.4. The SMILES string of the molecule is CC(C)CC(CO)NC(=O)CC1CCCCCC1. The van der Waals surface area contributed by atoms with Gasteiger partial charge in [-0.3, -0.25) is 4.79 Å². The van der Waals surface area contributed by atoms with E-state index in [4.69, 9.17) is 0 Å². The summed E-state index contributed by atoms with van der Waals surface area (Å²) in [7, 11) is 0. The number of aliphatic hydroxyl groups excluding tert-OH is 1. The van der Waals surface area contributed by atoms with Crippen LogP contribution in [0.2, 0.25) is 0 Å². The van der Waals surface area contributed by atoms with Crippen LogP contribution >= 0.6 is 0 Å². The molecular weight excluding hydrogens is 226 g/mol. The van der Waals surface area contributed by atoms with Crippen molar-refractivity contribution in [2.75, 3.05) is 6.61 Å². The average molecular weight is 255 g/mol. The molecule has 1 atom stereocenters. The summed E-state index contributed by atoms with van der Waals surface area (Å²) in [6.45, 7) is 4.27. The predicted molar refractivity (Wildman–Crippen MR) is 74.3 cm³/mol. The maximum Gasteiger partial charge on any atom is 0.220 e. The van der Waals surface area contributed by atoms with Crippen LogP contribution in [-0.4, -0.2) is 23.7 Å². The number of amides is 1. The Bertz CT molecular complexity index is 227. The van der Waals surface area contributed by atoms with Gasteiger partial charge in [-0.15, -0.1) is 0 Å². The molecule has 1 saturated carbocycles. The highest BCUT2D eigenvalue weighted by Crippen LogP contribution is 2.25. The molecule has 2 N–H and O–H groups in total. The predicted octanol–water partition coefficient (Wildman–Crippen LogP) is 2.87. The summed E-state index contributed by atoms with van der Waals surface area (Å²) in [5, 5.41) is 12.2. The average Bonchev–Trinajstić information content (AvgIpc) is 2.56. The molecule has 0 aromatic carbocycles. The fourth-order valence-electron chi connectivity index (χ4n) is 2.86. The van der Waals surface area contributed by atoms with Gasteiger partial charge in [0.05, 0.1) is 12.6 Å². The van der Waals surface area contributed by atoms with E-state index < -0.39 is 0 Å². The molecule has 0 saturated heterocycles. The molecule has 0 heterocycles. The summed E-state index contributed by atoms with van der Waals surface area (Å²) in [5.41, 5.74) is 0. The molecule has 1 aliphatic carbocycles. The van der Waals surface area contributed by atoms with Gasteiger partial charge in [0, 0.05) is 6.42 Å². The monoisotopic (exact) mass is 255 g/mol. The van der Waals surface area contributed by atoms with E-state index in [1.165, 1.54) is 38.5 Å². The lowest BCUT2D eigenvalue weighted by Crippen LogP contribution is -2.39. The molecule has 18 heavy (non-hydrogen) atoms. The van der Waals surface area contributed by atoms with Gasteiger partial charge in [-0.2, -0.15) is 0 Å². The van der Waals surface area contributed by atoms with E-state index in [1.54, 1.807) is 0 Å². The molecule has 1 unspecified atom stereocenters. The number of rotatable bonds is 6. The van der Waals surface area contributed by atoms with Gasteiger partial charge in [0.15, 0.2) is 0 Å². The van der Waals surface area contributed by atoms with Gasteiger partial charge in [0.2, 0.25) is 5.91 Å². The van der Waals surface area contributed by atoms with E-state index in [1.807, 2.05) is 0 Å². The Labute approximate surface area is 111 Å². The molecule has 0 aliphatic heterocycles. The number of hydrogen-bond donors (Lipinski definition) is 2. The molecule has 0 spiro atoms. The first-order valence-electron chi connectivity index (χ1n) is 7.52. The Kier molecular flexibility index (Phi) is 7.33. The lowest BCUT2D eigenvalue weighted by atomic mass is 9.96. The Morgan fingerprint density at radius 2 is 1.83 bits per heavy atom. The molecule has 0 radical (unpaired) electrons. The third-order valence-electron chi connectivity index (χ3n) is 3.79. The third-order valence-corrected chi connectivity index (χ3v) is 3.79. The topological polar surface area (TPSA) is 49.3 Å². The Hall–Kier alpha value is -0.570. The Morgan fingerprint density at radius 3 is 2.33 bits per heavy atom. The number of nitrogens with one attached hydrogen (secondary N) is 1. The van der Waals surface area contributed by atoms with Crippen molar-refractivity contribution in [2.45, 2.75) is 71.3 Å². The summed E-state index contributed by atoms with van der Waals surface area (Å²) in [4.78, 5) is 12.0. The molecule has 0 bridgehead atoms. The smallest absolute Gasteiger partial charge is 0.220 e. The van der Waals surface area contributed by atoms with Crippen LogP contribution in [0.25, 0.3) is 0 Å².